The van der Waals surface area contributed by atoms with E-state index in [0.29, 0.717) is 0 Å². The molecule has 3 nitrogen and oxygen atoms in total. The molecule has 1 saturated heterocycles. The van der Waals surface area contributed by atoms with E-state index < -0.39 is 0 Å². The van der Waals surface area contributed by atoms with Crippen molar-refractivity contribution in [3.05, 3.63) is 35.9 Å². The van der Waals surface area contributed by atoms with Crippen LogP contribution >= 0.6 is 12.4 Å². The highest BCUT2D eigenvalue weighted by molar-refractivity contribution is 5.85. The first-order chi connectivity index (χ1) is 8.09. The van der Waals surface area contributed by atoms with Crippen LogP contribution in [0.2, 0.25) is 0 Å². The van der Waals surface area contributed by atoms with Crippen LogP contribution in [0.5, 0.6) is 0 Å². The summed E-state index contributed by atoms with van der Waals surface area (Å²) in [6.07, 6.45) is 2.03. The van der Waals surface area contributed by atoms with Gasteiger partial charge in [0.1, 0.15) is 0 Å². The largest absolute Gasteiger partial charge is 0.346 e. The number of carbonyl (C=O) groups is 1. The Labute approximate surface area is 115 Å². The second-order valence-corrected chi connectivity index (χ2v) is 5.13. The smallest absolute Gasteiger partial charge is 0.237 e. The van der Waals surface area contributed by atoms with Crippen LogP contribution in [0.3, 0.4) is 0 Å². The number of hydrogen-bond acceptors (Lipinski definition) is 2. The number of benzene rings is 1. The van der Waals surface area contributed by atoms with Gasteiger partial charge in [-0.2, -0.15) is 0 Å². The van der Waals surface area contributed by atoms with Crippen molar-refractivity contribution in [3.8, 4) is 0 Å². The van der Waals surface area contributed by atoms with E-state index in [9.17, 15) is 4.79 Å². The summed E-state index contributed by atoms with van der Waals surface area (Å²) in [7, 11) is 0. The number of nitrogens with one attached hydrogen (secondary N) is 2. The normalized spacial score (nSPS) is 19.1. The molecular weight excluding hydrogens is 248 g/mol. The molecule has 0 radical (unpaired) electrons. The number of hydrogen-bond donors (Lipinski definition) is 2. The van der Waals surface area contributed by atoms with Crippen molar-refractivity contribution in [2.45, 2.75) is 38.3 Å². The highest BCUT2D eigenvalue weighted by atomic mass is 35.5. The van der Waals surface area contributed by atoms with Crippen molar-refractivity contribution in [2.75, 3.05) is 6.54 Å². The van der Waals surface area contributed by atoms with E-state index in [2.05, 4.69) is 10.6 Å². The third-order valence-corrected chi connectivity index (χ3v) is 3.31. The molecule has 1 heterocycles. The summed E-state index contributed by atoms with van der Waals surface area (Å²) in [5.41, 5.74) is 0.814. The molecule has 18 heavy (non-hydrogen) atoms. The molecule has 1 fully saturated rings. The minimum atomic E-state index is -0.317. The highest BCUT2D eigenvalue weighted by Gasteiger charge is 2.28. The Morgan fingerprint density at radius 3 is 2.56 bits per heavy atom. The van der Waals surface area contributed by atoms with Gasteiger partial charge in [-0.15, -0.1) is 12.4 Å². The molecule has 1 aromatic carbocycles. The van der Waals surface area contributed by atoms with Gasteiger partial charge in [0.15, 0.2) is 0 Å². The van der Waals surface area contributed by atoms with Crippen molar-refractivity contribution in [1.82, 2.24) is 10.6 Å². The van der Waals surface area contributed by atoms with Crippen molar-refractivity contribution < 1.29 is 4.79 Å². The first kappa shape index (κ1) is 15.0. The van der Waals surface area contributed by atoms with Crippen LogP contribution < -0.4 is 10.6 Å². The summed E-state index contributed by atoms with van der Waals surface area (Å²) in [6, 6.07) is 10.1. The molecule has 0 unspecified atom stereocenters. The zero-order valence-electron chi connectivity index (χ0n) is 10.9. The summed E-state index contributed by atoms with van der Waals surface area (Å²) in [4.78, 5) is 12.1. The van der Waals surface area contributed by atoms with Crippen LogP contribution in [-0.4, -0.2) is 18.5 Å². The lowest BCUT2D eigenvalue weighted by atomic mass is 9.94. The minimum Gasteiger partial charge on any atom is -0.346 e. The molecule has 4 heteroatoms. The van der Waals surface area contributed by atoms with Crippen LogP contribution in [0.25, 0.3) is 0 Å². The zero-order valence-corrected chi connectivity index (χ0v) is 11.7. The fourth-order valence-electron chi connectivity index (χ4n) is 2.23. The lowest BCUT2D eigenvalue weighted by molar-refractivity contribution is -0.124. The first-order valence-corrected chi connectivity index (χ1v) is 6.20. The van der Waals surface area contributed by atoms with E-state index in [0.717, 1.165) is 24.9 Å². The van der Waals surface area contributed by atoms with Gasteiger partial charge in [0.05, 0.1) is 11.6 Å². The number of carbonyl (C=O) groups excluding carboxylic acids is 1. The molecule has 0 aromatic heterocycles. The predicted octanol–water partition coefficient (Wildman–Crippen LogP) is 2.21. The summed E-state index contributed by atoms with van der Waals surface area (Å²) in [5, 5.41) is 6.33. The summed E-state index contributed by atoms with van der Waals surface area (Å²) < 4.78 is 0. The summed E-state index contributed by atoms with van der Waals surface area (Å²) in [5.74, 6) is 0.108. The average Bonchev–Trinajstić information content (AvgIpc) is 2.83. The summed E-state index contributed by atoms with van der Waals surface area (Å²) >= 11 is 0. The number of amides is 1. The Morgan fingerprint density at radius 2 is 2.00 bits per heavy atom. The fraction of sp³-hybridized carbons (Fsp3) is 0.500. The molecule has 1 amide bonds. The highest BCUT2D eigenvalue weighted by Crippen LogP contribution is 2.20. The van der Waals surface area contributed by atoms with E-state index in [-0.39, 0.29) is 29.9 Å². The third-order valence-electron chi connectivity index (χ3n) is 3.31. The van der Waals surface area contributed by atoms with Gasteiger partial charge in [0.2, 0.25) is 5.91 Å². The Hall–Kier alpha value is -1.06. The number of halogens is 1. The van der Waals surface area contributed by atoms with Gasteiger partial charge in [-0.25, -0.2) is 0 Å². The number of rotatable bonds is 3. The van der Waals surface area contributed by atoms with E-state index in [4.69, 9.17) is 0 Å². The molecule has 0 aliphatic carbocycles. The van der Waals surface area contributed by atoms with Crippen LogP contribution in [0.4, 0.5) is 0 Å². The predicted molar refractivity (Wildman–Crippen MR) is 75.9 cm³/mol. The summed E-state index contributed by atoms with van der Waals surface area (Å²) in [6.45, 7) is 5.02. The Balaban J connectivity index is 0.00000162. The Kier molecular flexibility index (Phi) is 5.17. The maximum atomic E-state index is 12.1. The van der Waals surface area contributed by atoms with E-state index in [1.165, 1.54) is 0 Å². The maximum Gasteiger partial charge on any atom is 0.237 e. The molecule has 1 aromatic rings. The van der Waals surface area contributed by atoms with E-state index >= 15 is 0 Å². The quantitative estimate of drug-likeness (QED) is 0.883. The fourth-order valence-corrected chi connectivity index (χ4v) is 2.23. The maximum absolute atomic E-state index is 12.1. The molecule has 0 bridgehead atoms. The van der Waals surface area contributed by atoms with E-state index in [1.807, 2.05) is 44.2 Å². The SMILES string of the molecule is CC(C)(NC(=O)[C@H]1CCCN1)c1ccccc1.Cl. The van der Waals surface area contributed by atoms with Crippen molar-refractivity contribution in [1.29, 1.82) is 0 Å². The standard InChI is InChI=1S/C14H20N2O.ClH/c1-14(2,11-7-4-3-5-8-11)16-13(17)12-9-6-10-15-12;/h3-5,7-8,12,15H,6,9-10H2,1-2H3,(H,16,17);1H/t12-;/m1./s1. The van der Waals surface area contributed by atoms with Crippen molar-refractivity contribution in [3.63, 3.8) is 0 Å². The molecule has 1 atom stereocenters. The van der Waals surface area contributed by atoms with E-state index in [1.54, 1.807) is 0 Å². The van der Waals surface area contributed by atoms with Gasteiger partial charge < -0.3 is 10.6 Å². The van der Waals surface area contributed by atoms with Crippen LogP contribution in [0.15, 0.2) is 30.3 Å². The van der Waals surface area contributed by atoms with Crippen molar-refractivity contribution in [2.24, 2.45) is 0 Å². The minimum absolute atomic E-state index is 0. The topological polar surface area (TPSA) is 41.1 Å². The molecule has 100 valence electrons. The molecule has 0 saturated carbocycles. The third kappa shape index (κ3) is 3.47. The molecular formula is C14H21ClN2O. The van der Waals surface area contributed by atoms with Gasteiger partial charge in [0.25, 0.3) is 0 Å². The molecule has 2 N–H and O–H groups in total. The molecule has 0 spiro atoms. The van der Waals surface area contributed by atoms with Gasteiger partial charge in [-0.05, 0) is 38.8 Å². The van der Waals surface area contributed by atoms with Crippen molar-refractivity contribution >= 4 is 18.3 Å². The first-order valence-electron chi connectivity index (χ1n) is 6.20. The second kappa shape index (κ2) is 6.21. The molecule has 1 aliphatic heterocycles. The average molecular weight is 269 g/mol. The Bertz CT molecular complexity index is 386. The van der Waals surface area contributed by atoms with Crippen LogP contribution in [-0.2, 0) is 10.3 Å². The van der Waals surface area contributed by atoms with Gasteiger partial charge in [-0.1, -0.05) is 30.3 Å². The lowest BCUT2D eigenvalue weighted by Gasteiger charge is -2.28. The van der Waals surface area contributed by atoms with Crippen LogP contribution in [0.1, 0.15) is 32.3 Å². The molecule has 1 aliphatic rings. The monoisotopic (exact) mass is 268 g/mol. The lowest BCUT2D eigenvalue weighted by Crippen LogP contribution is -2.48. The Morgan fingerprint density at radius 1 is 1.33 bits per heavy atom. The second-order valence-electron chi connectivity index (χ2n) is 5.13. The molecule has 2 rings (SSSR count). The van der Waals surface area contributed by atoms with Gasteiger partial charge in [-0.3, -0.25) is 4.79 Å². The van der Waals surface area contributed by atoms with Gasteiger partial charge in [0, 0.05) is 0 Å². The zero-order chi connectivity index (χ0) is 12.3. The van der Waals surface area contributed by atoms with Gasteiger partial charge >= 0.3 is 0 Å². The van der Waals surface area contributed by atoms with Crippen LogP contribution in [0, 0.1) is 0 Å².